The summed E-state index contributed by atoms with van der Waals surface area (Å²) in [6.07, 6.45) is 1.90. The van der Waals surface area contributed by atoms with Crippen molar-refractivity contribution in [2.45, 2.75) is 26.9 Å². The molecule has 3 aromatic rings. The molecule has 7 heteroatoms. The molecule has 1 aromatic heterocycles. The van der Waals surface area contributed by atoms with Crippen LogP contribution >= 0.6 is 22.9 Å². The van der Waals surface area contributed by atoms with E-state index in [0.717, 1.165) is 28.2 Å². The molecule has 1 amide bonds. The Labute approximate surface area is 173 Å². The number of hydrogen-bond acceptors (Lipinski definition) is 5. The number of hydrogen-bond donors (Lipinski definition) is 1. The van der Waals surface area contributed by atoms with Gasteiger partial charge in [-0.25, -0.2) is 0 Å². The van der Waals surface area contributed by atoms with E-state index in [1.54, 1.807) is 6.08 Å². The van der Waals surface area contributed by atoms with Crippen LogP contribution in [-0.2, 0) is 0 Å². The summed E-state index contributed by atoms with van der Waals surface area (Å²) in [5.74, 6) is 0.488. The fourth-order valence-corrected chi connectivity index (χ4v) is 3.28. The van der Waals surface area contributed by atoms with Crippen molar-refractivity contribution in [2.24, 2.45) is 0 Å². The third-order valence-electron chi connectivity index (χ3n) is 3.68. The van der Waals surface area contributed by atoms with Crippen LogP contribution in [0.15, 0.2) is 48.5 Å². The highest BCUT2D eigenvalue weighted by Crippen LogP contribution is 2.26. The number of halogens is 1. The molecular formula is C21H20ClN3O2S. The third kappa shape index (κ3) is 5.41. The number of carbonyl (C=O) groups excluding carboxylic acids is 1. The zero-order valence-corrected chi connectivity index (χ0v) is 17.3. The predicted octanol–water partition coefficient (Wildman–Crippen LogP) is 5.62. The van der Waals surface area contributed by atoms with Gasteiger partial charge in [-0.3, -0.25) is 4.79 Å². The molecule has 2 aromatic carbocycles. The first kappa shape index (κ1) is 20.0. The quantitative estimate of drug-likeness (QED) is 0.569. The Hall–Kier alpha value is -2.70. The van der Waals surface area contributed by atoms with Gasteiger partial charge in [0, 0.05) is 5.69 Å². The normalized spacial score (nSPS) is 11.5. The molecule has 28 heavy (non-hydrogen) atoms. The van der Waals surface area contributed by atoms with Crippen LogP contribution in [0.2, 0.25) is 0 Å². The van der Waals surface area contributed by atoms with Gasteiger partial charge < -0.3 is 10.1 Å². The average molecular weight is 414 g/mol. The van der Waals surface area contributed by atoms with Crippen LogP contribution in [0.4, 0.5) is 5.69 Å². The molecule has 5 nitrogen and oxygen atoms in total. The number of ether oxygens (including phenoxy) is 1. The maximum absolute atomic E-state index is 12.3. The Balaban J connectivity index is 1.69. The van der Waals surface area contributed by atoms with E-state index in [4.69, 9.17) is 16.3 Å². The molecule has 0 saturated carbocycles. The molecule has 0 aliphatic rings. The van der Waals surface area contributed by atoms with Crippen LogP contribution in [0, 0.1) is 6.92 Å². The van der Waals surface area contributed by atoms with Crippen LogP contribution in [0.3, 0.4) is 0 Å². The summed E-state index contributed by atoms with van der Waals surface area (Å²) in [5.41, 5.74) is 2.73. The summed E-state index contributed by atoms with van der Waals surface area (Å²) >= 11 is 7.51. The number of carbonyl (C=O) groups is 1. The minimum Gasteiger partial charge on any atom is -0.491 e. The molecule has 0 radical (unpaired) electrons. The van der Waals surface area contributed by atoms with Gasteiger partial charge in [-0.1, -0.05) is 52.8 Å². The number of aromatic nitrogens is 2. The fourth-order valence-electron chi connectivity index (χ4n) is 2.36. The summed E-state index contributed by atoms with van der Waals surface area (Å²) in [7, 11) is 0. The lowest BCUT2D eigenvalue weighted by atomic mass is 10.2. The van der Waals surface area contributed by atoms with E-state index in [-0.39, 0.29) is 17.0 Å². The van der Waals surface area contributed by atoms with E-state index in [2.05, 4.69) is 15.5 Å². The van der Waals surface area contributed by atoms with Crippen molar-refractivity contribution in [1.29, 1.82) is 0 Å². The standard InChI is InChI=1S/C21H20ClN3O2S/c1-13(2)27-17-10-6-15(7-11-17)12-18(22)20-24-25-21(28-20)19(26)23-16-8-4-14(3)5-9-16/h4-13H,1-3H3,(H,23,26)/b18-12-. The topological polar surface area (TPSA) is 64.1 Å². The van der Waals surface area contributed by atoms with E-state index in [1.165, 1.54) is 0 Å². The molecule has 0 unspecified atom stereocenters. The lowest BCUT2D eigenvalue weighted by molar-refractivity contribution is 0.102. The first-order chi connectivity index (χ1) is 13.4. The van der Waals surface area contributed by atoms with Gasteiger partial charge in [-0.15, -0.1) is 10.2 Å². The lowest BCUT2D eigenvalue weighted by Gasteiger charge is -2.09. The van der Waals surface area contributed by atoms with Gasteiger partial charge in [0.05, 0.1) is 11.1 Å². The molecule has 1 N–H and O–H groups in total. The Morgan fingerprint density at radius 1 is 1.07 bits per heavy atom. The summed E-state index contributed by atoms with van der Waals surface area (Å²) in [6, 6.07) is 15.1. The van der Waals surface area contributed by atoms with Gasteiger partial charge in [0.15, 0.2) is 5.01 Å². The third-order valence-corrected chi connectivity index (χ3v) is 5.03. The van der Waals surface area contributed by atoms with Crippen molar-refractivity contribution < 1.29 is 9.53 Å². The van der Waals surface area contributed by atoms with Crippen LogP contribution in [0.1, 0.15) is 39.8 Å². The van der Waals surface area contributed by atoms with Gasteiger partial charge >= 0.3 is 0 Å². The monoisotopic (exact) mass is 413 g/mol. The van der Waals surface area contributed by atoms with Crippen LogP contribution in [0.5, 0.6) is 5.75 Å². The SMILES string of the molecule is Cc1ccc(NC(=O)c2nnc(/C(Cl)=C/c3ccc(OC(C)C)cc3)s2)cc1. The Morgan fingerprint density at radius 2 is 1.71 bits per heavy atom. The second-order valence-electron chi connectivity index (χ2n) is 6.46. The number of nitrogens with zero attached hydrogens (tertiary/aromatic N) is 2. The molecule has 0 aliphatic heterocycles. The van der Waals surface area contributed by atoms with Gasteiger partial charge in [-0.05, 0) is 56.7 Å². The lowest BCUT2D eigenvalue weighted by Crippen LogP contribution is -2.11. The first-order valence-corrected chi connectivity index (χ1v) is 9.96. The predicted molar refractivity (Wildman–Crippen MR) is 115 cm³/mol. The summed E-state index contributed by atoms with van der Waals surface area (Å²) in [5, 5.41) is 11.9. The molecule has 0 spiro atoms. The Kier molecular flexibility index (Phi) is 6.44. The molecule has 0 atom stereocenters. The number of aryl methyl sites for hydroxylation is 1. The highest BCUT2D eigenvalue weighted by atomic mass is 35.5. The van der Waals surface area contributed by atoms with E-state index in [0.29, 0.717) is 15.7 Å². The number of anilines is 1. The van der Waals surface area contributed by atoms with Crippen molar-refractivity contribution in [3.05, 3.63) is 69.7 Å². The smallest absolute Gasteiger partial charge is 0.286 e. The average Bonchev–Trinajstić information content (AvgIpc) is 3.15. The molecule has 3 rings (SSSR count). The van der Waals surface area contributed by atoms with Crippen molar-refractivity contribution in [3.63, 3.8) is 0 Å². The van der Waals surface area contributed by atoms with Crippen LogP contribution < -0.4 is 10.1 Å². The molecule has 0 aliphatic carbocycles. The molecule has 1 heterocycles. The number of amides is 1. The minimum absolute atomic E-state index is 0.121. The van der Waals surface area contributed by atoms with Gasteiger partial charge in [0.2, 0.25) is 5.01 Å². The van der Waals surface area contributed by atoms with Crippen molar-refractivity contribution >= 4 is 45.6 Å². The Bertz CT molecular complexity index is 980. The molecule has 0 fully saturated rings. The largest absolute Gasteiger partial charge is 0.491 e. The number of nitrogens with one attached hydrogen (secondary N) is 1. The molecule has 144 valence electrons. The summed E-state index contributed by atoms with van der Waals surface area (Å²) < 4.78 is 5.63. The van der Waals surface area contributed by atoms with E-state index in [1.807, 2.05) is 69.3 Å². The second kappa shape index (κ2) is 8.99. The van der Waals surface area contributed by atoms with Gasteiger partial charge in [0.25, 0.3) is 5.91 Å². The Morgan fingerprint density at radius 3 is 2.36 bits per heavy atom. The zero-order chi connectivity index (χ0) is 20.1. The summed E-state index contributed by atoms with van der Waals surface area (Å²) in [6.45, 7) is 5.95. The number of rotatable bonds is 6. The minimum atomic E-state index is -0.313. The van der Waals surface area contributed by atoms with Crippen molar-refractivity contribution in [1.82, 2.24) is 10.2 Å². The zero-order valence-electron chi connectivity index (χ0n) is 15.8. The van der Waals surface area contributed by atoms with E-state index < -0.39 is 0 Å². The van der Waals surface area contributed by atoms with Gasteiger partial charge in [0.1, 0.15) is 5.75 Å². The fraction of sp³-hybridized carbons (Fsp3) is 0.190. The highest BCUT2D eigenvalue weighted by Gasteiger charge is 2.15. The van der Waals surface area contributed by atoms with E-state index >= 15 is 0 Å². The van der Waals surface area contributed by atoms with Crippen molar-refractivity contribution in [2.75, 3.05) is 5.32 Å². The number of benzene rings is 2. The molecular weight excluding hydrogens is 394 g/mol. The van der Waals surface area contributed by atoms with Crippen LogP contribution in [-0.4, -0.2) is 22.2 Å². The maximum atomic E-state index is 12.3. The molecule has 0 saturated heterocycles. The van der Waals surface area contributed by atoms with E-state index in [9.17, 15) is 4.79 Å². The summed E-state index contributed by atoms with van der Waals surface area (Å²) in [4.78, 5) is 12.3. The maximum Gasteiger partial charge on any atom is 0.286 e. The second-order valence-corrected chi connectivity index (χ2v) is 7.85. The first-order valence-electron chi connectivity index (χ1n) is 8.76. The highest BCUT2D eigenvalue weighted by molar-refractivity contribution is 7.15. The van der Waals surface area contributed by atoms with Gasteiger partial charge in [-0.2, -0.15) is 0 Å². The molecule has 0 bridgehead atoms. The van der Waals surface area contributed by atoms with Crippen molar-refractivity contribution in [3.8, 4) is 5.75 Å². The van der Waals surface area contributed by atoms with Crippen LogP contribution in [0.25, 0.3) is 11.1 Å².